The largest absolute Gasteiger partial charge is 0.444 e. The molecule has 2 aromatic carbocycles. The van der Waals surface area contributed by atoms with Crippen LogP contribution in [0.2, 0.25) is 10.0 Å². The minimum atomic E-state index is -0.277. The molecule has 0 saturated heterocycles. The molecule has 0 saturated carbocycles. The number of amides is 1. The molecule has 6 heteroatoms. The first-order valence-electron chi connectivity index (χ1n) is 7.36. The molecule has 122 valence electrons. The molecule has 24 heavy (non-hydrogen) atoms. The lowest BCUT2D eigenvalue weighted by Crippen LogP contribution is -2.25. The molecule has 0 bridgehead atoms. The summed E-state index contributed by atoms with van der Waals surface area (Å²) in [6.07, 6.45) is 2.08. The van der Waals surface area contributed by atoms with Crippen LogP contribution in [0.3, 0.4) is 0 Å². The zero-order chi connectivity index (χ0) is 16.9. The number of rotatable bonds is 5. The second-order valence-electron chi connectivity index (χ2n) is 5.16. The fourth-order valence-corrected chi connectivity index (χ4v) is 2.49. The average Bonchev–Trinajstić information content (AvgIpc) is 3.08. The van der Waals surface area contributed by atoms with E-state index in [0.717, 1.165) is 12.0 Å². The van der Waals surface area contributed by atoms with E-state index in [2.05, 4.69) is 10.3 Å². The number of hydrogen-bond acceptors (Lipinski definition) is 3. The van der Waals surface area contributed by atoms with Crippen LogP contribution in [0.4, 0.5) is 0 Å². The van der Waals surface area contributed by atoms with Gasteiger partial charge in [-0.3, -0.25) is 4.79 Å². The van der Waals surface area contributed by atoms with Gasteiger partial charge in [0.2, 0.25) is 5.89 Å². The minimum Gasteiger partial charge on any atom is -0.444 e. The number of nitrogens with one attached hydrogen (secondary N) is 1. The molecule has 1 aromatic heterocycles. The van der Waals surface area contributed by atoms with E-state index in [1.165, 1.54) is 6.26 Å². The summed E-state index contributed by atoms with van der Waals surface area (Å²) in [7, 11) is 0. The van der Waals surface area contributed by atoms with Crippen LogP contribution in [-0.4, -0.2) is 17.4 Å². The number of aromatic nitrogens is 1. The highest BCUT2D eigenvalue weighted by Crippen LogP contribution is 2.28. The first kappa shape index (κ1) is 16.6. The maximum Gasteiger partial charge on any atom is 0.273 e. The Morgan fingerprint density at radius 3 is 2.62 bits per heavy atom. The van der Waals surface area contributed by atoms with Crippen LogP contribution < -0.4 is 5.32 Å². The predicted octanol–water partition coefficient (Wildman–Crippen LogP) is 4.62. The van der Waals surface area contributed by atoms with Crippen molar-refractivity contribution in [1.82, 2.24) is 10.3 Å². The predicted molar refractivity (Wildman–Crippen MR) is 94.4 cm³/mol. The molecule has 0 aliphatic rings. The topological polar surface area (TPSA) is 55.1 Å². The van der Waals surface area contributed by atoms with E-state index in [0.29, 0.717) is 28.0 Å². The standard InChI is InChI=1S/C18H14Cl2N2O2/c19-14-7-6-13(10-15(14)20)18-22-16(11-24-18)17(23)21-9-8-12-4-2-1-3-5-12/h1-7,10-11H,8-9H2,(H,21,23). The molecule has 0 aliphatic carbocycles. The lowest BCUT2D eigenvalue weighted by molar-refractivity contribution is 0.0949. The van der Waals surface area contributed by atoms with E-state index < -0.39 is 0 Å². The smallest absolute Gasteiger partial charge is 0.273 e. The van der Waals surface area contributed by atoms with Gasteiger partial charge in [-0.15, -0.1) is 0 Å². The fourth-order valence-electron chi connectivity index (χ4n) is 2.20. The summed E-state index contributed by atoms with van der Waals surface area (Å²) < 4.78 is 5.36. The number of carbonyl (C=O) groups excluding carboxylic acids is 1. The third-order valence-electron chi connectivity index (χ3n) is 3.45. The summed E-state index contributed by atoms with van der Waals surface area (Å²) in [6, 6.07) is 15.0. The van der Waals surface area contributed by atoms with Gasteiger partial charge in [-0.25, -0.2) is 4.98 Å². The Morgan fingerprint density at radius 1 is 1.08 bits per heavy atom. The van der Waals surface area contributed by atoms with Crippen molar-refractivity contribution in [2.75, 3.05) is 6.54 Å². The quantitative estimate of drug-likeness (QED) is 0.721. The van der Waals surface area contributed by atoms with Gasteiger partial charge in [0.05, 0.1) is 10.0 Å². The Balaban J connectivity index is 1.62. The van der Waals surface area contributed by atoms with Gasteiger partial charge in [0.25, 0.3) is 5.91 Å². The highest BCUT2D eigenvalue weighted by atomic mass is 35.5. The van der Waals surface area contributed by atoms with E-state index >= 15 is 0 Å². The summed E-state index contributed by atoms with van der Waals surface area (Å²) in [4.78, 5) is 16.3. The van der Waals surface area contributed by atoms with Crippen LogP contribution in [0.25, 0.3) is 11.5 Å². The summed E-state index contributed by atoms with van der Waals surface area (Å²) >= 11 is 11.9. The van der Waals surface area contributed by atoms with Crippen molar-refractivity contribution < 1.29 is 9.21 Å². The highest BCUT2D eigenvalue weighted by molar-refractivity contribution is 6.42. The van der Waals surface area contributed by atoms with E-state index in [1.807, 2.05) is 30.3 Å². The van der Waals surface area contributed by atoms with Gasteiger partial charge in [0, 0.05) is 12.1 Å². The number of benzene rings is 2. The maximum absolute atomic E-state index is 12.1. The van der Waals surface area contributed by atoms with Gasteiger partial charge in [-0.2, -0.15) is 0 Å². The van der Waals surface area contributed by atoms with Crippen molar-refractivity contribution in [3.8, 4) is 11.5 Å². The molecule has 0 fully saturated rings. The van der Waals surface area contributed by atoms with Gasteiger partial charge in [0.1, 0.15) is 6.26 Å². The zero-order valence-corrected chi connectivity index (χ0v) is 14.1. The van der Waals surface area contributed by atoms with E-state index in [4.69, 9.17) is 27.6 Å². The molecular weight excluding hydrogens is 347 g/mol. The summed E-state index contributed by atoms with van der Waals surface area (Å²) in [5.74, 6) is 0.0442. The Labute approximate surface area is 149 Å². The Morgan fingerprint density at radius 2 is 1.88 bits per heavy atom. The first-order chi connectivity index (χ1) is 11.6. The second-order valence-corrected chi connectivity index (χ2v) is 5.97. The molecule has 0 unspecified atom stereocenters. The van der Waals surface area contributed by atoms with E-state index in [-0.39, 0.29) is 11.6 Å². The van der Waals surface area contributed by atoms with Gasteiger partial charge < -0.3 is 9.73 Å². The van der Waals surface area contributed by atoms with Crippen LogP contribution in [0.15, 0.2) is 59.2 Å². The molecule has 0 radical (unpaired) electrons. The molecule has 1 amide bonds. The van der Waals surface area contributed by atoms with Crippen LogP contribution in [0.5, 0.6) is 0 Å². The van der Waals surface area contributed by atoms with Gasteiger partial charge >= 0.3 is 0 Å². The van der Waals surface area contributed by atoms with Crippen molar-refractivity contribution in [2.45, 2.75) is 6.42 Å². The Hall–Kier alpha value is -2.30. The maximum atomic E-state index is 12.1. The Kier molecular flexibility index (Phi) is 5.18. The molecule has 3 rings (SSSR count). The van der Waals surface area contributed by atoms with Gasteiger partial charge in [-0.1, -0.05) is 53.5 Å². The first-order valence-corrected chi connectivity index (χ1v) is 8.12. The van der Waals surface area contributed by atoms with Crippen molar-refractivity contribution in [3.05, 3.63) is 76.1 Å². The van der Waals surface area contributed by atoms with Crippen molar-refractivity contribution >= 4 is 29.1 Å². The van der Waals surface area contributed by atoms with Crippen molar-refractivity contribution in [2.24, 2.45) is 0 Å². The van der Waals surface area contributed by atoms with E-state index in [1.54, 1.807) is 18.2 Å². The molecule has 0 atom stereocenters. The lowest BCUT2D eigenvalue weighted by Gasteiger charge is -2.03. The SMILES string of the molecule is O=C(NCCc1ccccc1)c1coc(-c2ccc(Cl)c(Cl)c2)n1. The summed E-state index contributed by atoms with van der Waals surface area (Å²) in [5.41, 5.74) is 2.05. The van der Waals surface area contributed by atoms with E-state index in [9.17, 15) is 4.79 Å². The molecular formula is C18H14Cl2N2O2. The molecule has 4 nitrogen and oxygen atoms in total. The third kappa shape index (κ3) is 3.96. The monoisotopic (exact) mass is 360 g/mol. The van der Waals surface area contributed by atoms with Crippen molar-refractivity contribution in [1.29, 1.82) is 0 Å². The third-order valence-corrected chi connectivity index (χ3v) is 4.18. The average molecular weight is 361 g/mol. The number of oxazole rings is 1. The molecule has 0 aliphatic heterocycles. The van der Waals surface area contributed by atoms with Crippen LogP contribution in [-0.2, 0) is 6.42 Å². The fraction of sp³-hybridized carbons (Fsp3) is 0.111. The minimum absolute atomic E-state index is 0.226. The molecule has 1 N–H and O–H groups in total. The summed E-state index contributed by atoms with van der Waals surface area (Å²) in [6.45, 7) is 0.526. The van der Waals surface area contributed by atoms with Crippen LogP contribution in [0.1, 0.15) is 16.1 Å². The van der Waals surface area contributed by atoms with Gasteiger partial charge in [-0.05, 0) is 30.2 Å². The van der Waals surface area contributed by atoms with Crippen LogP contribution in [0, 0.1) is 0 Å². The number of hydrogen-bond donors (Lipinski definition) is 1. The number of nitrogens with zero attached hydrogens (tertiary/aromatic N) is 1. The number of halogens is 2. The normalized spacial score (nSPS) is 10.6. The molecule has 1 heterocycles. The molecule has 0 spiro atoms. The zero-order valence-electron chi connectivity index (χ0n) is 12.6. The highest BCUT2D eigenvalue weighted by Gasteiger charge is 2.14. The Bertz CT molecular complexity index is 847. The number of carbonyl (C=O) groups is 1. The summed E-state index contributed by atoms with van der Waals surface area (Å²) in [5, 5.41) is 3.68. The molecule has 3 aromatic rings. The lowest BCUT2D eigenvalue weighted by atomic mass is 10.1. The van der Waals surface area contributed by atoms with Gasteiger partial charge in [0.15, 0.2) is 5.69 Å². The van der Waals surface area contributed by atoms with Crippen LogP contribution >= 0.6 is 23.2 Å². The second kappa shape index (κ2) is 7.51. The van der Waals surface area contributed by atoms with Crippen molar-refractivity contribution in [3.63, 3.8) is 0 Å².